The molecule has 0 saturated carbocycles. The fourth-order valence-corrected chi connectivity index (χ4v) is 2.06. The molecule has 0 aromatic heterocycles. The molecule has 0 aliphatic carbocycles. The minimum Gasteiger partial charge on any atom is -0.288 e. The zero-order valence-corrected chi connectivity index (χ0v) is 11.2. The van der Waals surface area contributed by atoms with Crippen LogP contribution in [0.2, 0.25) is 15.1 Å². The van der Waals surface area contributed by atoms with Gasteiger partial charge in [0.15, 0.2) is 11.6 Å². The Kier molecular flexibility index (Phi) is 3.91. The largest absolute Gasteiger partial charge is 0.288 e. The molecule has 1 nitrogen and oxygen atoms in total. The normalized spacial score (nSPS) is 10.4. The summed E-state index contributed by atoms with van der Waals surface area (Å²) >= 11 is 17.4. The second-order valence-electron chi connectivity index (χ2n) is 3.53. The van der Waals surface area contributed by atoms with Gasteiger partial charge in [0.05, 0.1) is 20.6 Å². The summed E-state index contributed by atoms with van der Waals surface area (Å²) in [5.41, 5.74) is 0.0111. The molecule has 0 aliphatic rings. The highest BCUT2D eigenvalue weighted by Gasteiger charge is 2.19. The van der Waals surface area contributed by atoms with Crippen LogP contribution in [0.1, 0.15) is 15.9 Å². The number of carbonyl (C=O) groups excluding carboxylic acids is 1. The van der Waals surface area contributed by atoms with Crippen LogP contribution in [0.25, 0.3) is 0 Å². The number of halogens is 4. The topological polar surface area (TPSA) is 17.1 Å². The molecule has 92 valence electrons. The van der Waals surface area contributed by atoms with Gasteiger partial charge < -0.3 is 0 Å². The lowest BCUT2D eigenvalue weighted by Gasteiger charge is -2.06. The predicted octanol–water partition coefficient (Wildman–Crippen LogP) is 5.02. The van der Waals surface area contributed by atoms with Gasteiger partial charge in [-0.25, -0.2) is 4.39 Å². The van der Waals surface area contributed by atoms with E-state index in [9.17, 15) is 9.18 Å². The maximum absolute atomic E-state index is 13.7. The predicted molar refractivity (Wildman–Crippen MR) is 71.3 cm³/mol. The van der Waals surface area contributed by atoms with E-state index in [0.717, 1.165) is 0 Å². The molecule has 0 amide bonds. The summed E-state index contributed by atoms with van der Waals surface area (Å²) in [6.07, 6.45) is 0. The van der Waals surface area contributed by atoms with E-state index < -0.39 is 11.6 Å². The Morgan fingerprint density at radius 1 is 0.889 bits per heavy atom. The number of rotatable bonds is 2. The third-order valence-electron chi connectivity index (χ3n) is 2.39. The van der Waals surface area contributed by atoms with Crippen LogP contribution in [0.4, 0.5) is 4.39 Å². The van der Waals surface area contributed by atoms with E-state index in [4.69, 9.17) is 34.8 Å². The van der Waals surface area contributed by atoms with Gasteiger partial charge >= 0.3 is 0 Å². The molecule has 2 aromatic carbocycles. The van der Waals surface area contributed by atoms with E-state index in [-0.39, 0.29) is 26.2 Å². The summed E-state index contributed by atoms with van der Waals surface area (Å²) in [6.45, 7) is 0. The second kappa shape index (κ2) is 5.27. The Labute approximate surface area is 118 Å². The third-order valence-corrected chi connectivity index (χ3v) is 3.50. The zero-order chi connectivity index (χ0) is 13.3. The number of carbonyl (C=O) groups is 1. The molecule has 0 radical (unpaired) electrons. The summed E-state index contributed by atoms with van der Waals surface area (Å²) in [4.78, 5) is 12.2. The average Bonchev–Trinajstić information content (AvgIpc) is 2.35. The van der Waals surface area contributed by atoms with Gasteiger partial charge in [-0.15, -0.1) is 0 Å². The van der Waals surface area contributed by atoms with Gasteiger partial charge in [0, 0.05) is 5.56 Å². The molecule has 0 atom stereocenters. The van der Waals surface area contributed by atoms with Crippen LogP contribution in [-0.4, -0.2) is 5.78 Å². The lowest BCUT2D eigenvalue weighted by Crippen LogP contribution is -2.05. The smallest absolute Gasteiger partial charge is 0.197 e. The Balaban J connectivity index is 2.55. The molecule has 18 heavy (non-hydrogen) atoms. The maximum atomic E-state index is 13.7. The summed E-state index contributed by atoms with van der Waals surface area (Å²) < 4.78 is 13.7. The van der Waals surface area contributed by atoms with Crippen molar-refractivity contribution in [3.8, 4) is 0 Å². The molecule has 0 heterocycles. The molecular formula is C13H6Cl3FO. The summed E-state index contributed by atoms with van der Waals surface area (Å²) in [5.74, 6) is -1.32. The molecule has 2 aromatic rings. The number of hydrogen-bond donors (Lipinski definition) is 0. The van der Waals surface area contributed by atoms with Crippen molar-refractivity contribution in [1.82, 2.24) is 0 Å². The van der Waals surface area contributed by atoms with Gasteiger partial charge in [-0.3, -0.25) is 4.79 Å². The minimum atomic E-state index is -0.764. The molecule has 0 aliphatic heterocycles. The molecular weight excluding hydrogens is 297 g/mol. The Morgan fingerprint density at radius 3 is 2.11 bits per heavy atom. The van der Waals surface area contributed by atoms with Gasteiger partial charge in [-0.05, 0) is 24.3 Å². The van der Waals surface area contributed by atoms with Gasteiger partial charge in [0.1, 0.15) is 0 Å². The van der Waals surface area contributed by atoms with Gasteiger partial charge in [0.2, 0.25) is 0 Å². The first-order valence-electron chi connectivity index (χ1n) is 4.95. The van der Waals surface area contributed by atoms with Crippen LogP contribution in [0.15, 0.2) is 36.4 Å². The zero-order valence-electron chi connectivity index (χ0n) is 8.88. The van der Waals surface area contributed by atoms with Crippen molar-refractivity contribution in [3.05, 3.63) is 68.4 Å². The molecule has 0 unspecified atom stereocenters. The van der Waals surface area contributed by atoms with Crippen molar-refractivity contribution >= 4 is 40.6 Å². The van der Waals surface area contributed by atoms with E-state index >= 15 is 0 Å². The maximum Gasteiger partial charge on any atom is 0.197 e. The fourth-order valence-electron chi connectivity index (χ4n) is 1.50. The van der Waals surface area contributed by atoms with E-state index in [1.807, 2.05) is 0 Å². The monoisotopic (exact) mass is 302 g/mol. The van der Waals surface area contributed by atoms with Crippen LogP contribution < -0.4 is 0 Å². The molecule has 0 N–H and O–H groups in total. The van der Waals surface area contributed by atoms with Crippen molar-refractivity contribution in [3.63, 3.8) is 0 Å². The van der Waals surface area contributed by atoms with Crippen molar-refractivity contribution in [2.45, 2.75) is 0 Å². The molecule has 5 heteroatoms. The molecule has 0 fully saturated rings. The van der Waals surface area contributed by atoms with E-state index in [1.165, 1.54) is 24.3 Å². The standard InChI is InChI=1S/C13H6Cl3FO/c14-9-5-1-3-7(11(9)16)13(18)8-4-2-6-10(15)12(8)17/h1-6H. The Bertz CT molecular complexity index is 572. The lowest BCUT2D eigenvalue weighted by molar-refractivity contribution is 0.103. The molecule has 0 saturated heterocycles. The van der Waals surface area contributed by atoms with Gasteiger partial charge in [-0.1, -0.05) is 46.9 Å². The minimum absolute atomic E-state index is 0.101. The van der Waals surface area contributed by atoms with Gasteiger partial charge in [-0.2, -0.15) is 0 Å². The molecule has 2 rings (SSSR count). The van der Waals surface area contributed by atoms with Gasteiger partial charge in [0.25, 0.3) is 0 Å². The van der Waals surface area contributed by atoms with Crippen LogP contribution in [0.3, 0.4) is 0 Å². The lowest BCUT2D eigenvalue weighted by atomic mass is 10.0. The third kappa shape index (κ3) is 2.37. The Morgan fingerprint density at radius 2 is 1.44 bits per heavy atom. The first kappa shape index (κ1) is 13.3. The summed E-state index contributed by atoms with van der Waals surface area (Å²) in [5, 5.41) is 0.229. The second-order valence-corrected chi connectivity index (χ2v) is 4.72. The highest BCUT2D eigenvalue weighted by atomic mass is 35.5. The van der Waals surface area contributed by atoms with Crippen molar-refractivity contribution in [2.24, 2.45) is 0 Å². The SMILES string of the molecule is O=C(c1cccc(Cl)c1F)c1cccc(Cl)c1Cl. The van der Waals surface area contributed by atoms with Crippen molar-refractivity contribution < 1.29 is 9.18 Å². The van der Waals surface area contributed by atoms with E-state index in [2.05, 4.69) is 0 Å². The summed E-state index contributed by atoms with van der Waals surface area (Å²) in [6, 6.07) is 8.82. The fraction of sp³-hybridized carbons (Fsp3) is 0. The average molecular weight is 304 g/mol. The molecule has 0 bridgehead atoms. The quantitative estimate of drug-likeness (QED) is 0.712. The first-order chi connectivity index (χ1) is 8.52. The van der Waals surface area contributed by atoms with Crippen LogP contribution >= 0.6 is 34.8 Å². The van der Waals surface area contributed by atoms with Crippen LogP contribution in [0, 0.1) is 5.82 Å². The molecule has 0 spiro atoms. The van der Waals surface area contributed by atoms with E-state index in [1.54, 1.807) is 12.1 Å². The van der Waals surface area contributed by atoms with Crippen molar-refractivity contribution in [2.75, 3.05) is 0 Å². The summed E-state index contributed by atoms with van der Waals surface area (Å²) in [7, 11) is 0. The Hall–Kier alpha value is -1.09. The van der Waals surface area contributed by atoms with E-state index in [0.29, 0.717) is 0 Å². The first-order valence-corrected chi connectivity index (χ1v) is 6.08. The highest BCUT2D eigenvalue weighted by Crippen LogP contribution is 2.29. The van der Waals surface area contributed by atoms with Crippen LogP contribution in [-0.2, 0) is 0 Å². The number of ketones is 1. The number of benzene rings is 2. The number of hydrogen-bond acceptors (Lipinski definition) is 1. The highest BCUT2D eigenvalue weighted by molar-refractivity contribution is 6.44. The van der Waals surface area contributed by atoms with Crippen LogP contribution in [0.5, 0.6) is 0 Å². The van der Waals surface area contributed by atoms with Crippen molar-refractivity contribution in [1.29, 1.82) is 0 Å².